The van der Waals surface area contributed by atoms with E-state index in [-0.39, 0.29) is 17.2 Å². The summed E-state index contributed by atoms with van der Waals surface area (Å²) >= 11 is 4.99. The average molecular weight is 302 g/mol. The number of benzene rings is 1. The first-order valence-electron chi connectivity index (χ1n) is 6.21. The largest absolute Gasteiger partial charge is 0.496 e. The molecular weight excluding hydrogens is 288 g/mol. The number of para-hydroxylation sites is 1. The molecule has 0 atom stereocenters. The van der Waals surface area contributed by atoms with Crippen LogP contribution in [0.5, 0.6) is 5.75 Å². The van der Waals surface area contributed by atoms with Crippen molar-refractivity contribution in [1.29, 1.82) is 0 Å². The Morgan fingerprint density at radius 2 is 2.10 bits per heavy atom. The van der Waals surface area contributed by atoms with Crippen molar-refractivity contribution in [3.63, 3.8) is 0 Å². The lowest BCUT2D eigenvalue weighted by Gasteiger charge is -2.27. The van der Waals surface area contributed by atoms with E-state index in [4.69, 9.17) is 17.0 Å². The maximum absolute atomic E-state index is 12.4. The van der Waals surface area contributed by atoms with Gasteiger partial charge in [0, 0.05) is 12.1 Å². The van der Waals surface area contributed by atoms with Gasteiger partial charge in [0.15, 0.2) is 5.11 Å². The molecule has 2 amide bonds. The van der Waals surface area contributed by atoms with Gasteiger partial charge in [0.1, 0.15) is 11.3 Å². The van der Waals surface area contributed by atoms with Gasteiger partial charge in [-0.1, -0.05) is 24.3 Å². The molecule has 5 nitrogen and oxygen atoms in total. The first-order chi connectivity index (χ1) is 10.1. The molecule has 1 N–H and O–H groups in total. The molecule has 0 saturated carbocycles. The highest BCUT2D eigenvalue weighted by molar-refractivity contribution is 7.80. The van der Waals surface area contributed by atoms with Crippen molar-refractivity contribution in [1.82, 2.24) is 10.2 Å². The molecule has 0 bridgehead atoms. The van der Waals surface area contributed by atoms with Crippen LogP contribution in [0.1, 0.15) is 5.56 Å². The van der Waals surface area contributed by atoms with Crippen LogP contribution in [0.25, 0.3) is 6.08 Å². The first-order valence-corrected chi connectivity index (χ1v) is 6.62. The summed E-state index contributed by atoms with van der Waals surface area (Å²) in [5.74, 6) is -0.389. The zero-order valence-corrected chi connectivity index (χ0v) is 12.3. The van der Waals surface area contributed by atoms with Crippen LogP contribution in [0, 0.1) is 0 Å². The molecule has 1 aliphatic rings. The maximum atomic E-state index is 12.4. The fourth-order valence-corrected chi connectivity index (χ4v) is 2.18. The molecule has 0 radical (unpaired) electrons. The molecular formula is C15H14N2O3S. The van der Waals surface area contributed by atoms with Crippen molar-refractivity contribution >= 4 is 35.2 Å². The Hall–Kier alpha value is -2.47. The lowest BCUT2D eigenvalue weighted by atomic mass is 10.1. The minimum atomic E-state index is -0.517. The molecule has 21 heavy (non-hydrogen) atoms. The predicted molar refractivity (Wildman–Crippen MR) is 83.6 cm³/mol. The summed E-state index contributed by atoms with van der Waals surface area (Å²) in [6.45, 7) is 3.81. The SMILES string of the molecule is C=CCN1C(=O)/C(=C\c2ccccc2OC)C(=O)NC1=S. The molecule has 1 heterocycles. The third-order valence-corrected chi connectivity index (χ3v) is 3.26. The second-order valence-electron chi connectivity index (χ2n) is 4.26. The van der Waals surface area contributed by atoms with Crippen LogP contribution in [-0.4, -0.2) is 35.5 Å². The second-order valence-corrected chi connectivity index (χ2v) is 4.65. The van der Waals surface area contributed by atoms with Crippen LogP contribution < -0.4 is 10.1 Å². The highest BCUT2D eigenvalue weighted by Gasteiger charge is 2.32. The van der Waals surface area contributed by atoms with Crippen LogP contribution in [0.2, 0.25) is 0 Å². The summed E-state index contributed by atoms with van der Waals surface area (Å²) in [7, 11) is 1.53. The van der Waals surface area contributed by atoms with Gasteiger partial charge in [-0.3, -0.25) is 19.8 Å². The van der Waals surface area contributed by atoms with Crippen molar-refractivity contribution in [2.75, 3.05) is 13.7 Å². The van der Waals surface area contributed by atoms with Gasteiger partial charge in [0.2, 0.25) is 0 Å². The molecule has 2 rings (SSSR count). The van der Waals surface area contributed by atoms with E-state index in [9.17, 15) is 9.59 Å². The van der Waals surface area contributed by atoms with Crippen LogP contribution in [0.15, 0.2) is 42.5 Å². The van der Waals surface area contributed by atoms with Crippen LogP contribution in [-0.2, 0) is 9.59 Å². The third-order valence-electron chi connectivity index (χ3n) is 2.94. The Morgan fingerprint density at radius 3 is 2.76 bits per heavy atom. The molecule has 1 aromatic carbocycles. The number of carbonyl (C=O) groups is 2. The number of nitrogens with one attached hydrogen (secondary N) is 1. The van der Waals surface area contributed by atoms with E-state index in [1.807, 2.05) is 6.07 Å². The van der Waals surface area contributed by atoms with Gasteiger partial charge in [-0.25, -0.2) is 0 Å². The Labute approximate surface area is 127 Å². The standard InChI is InChI=1S/C15H14N2O3S/c1-3-8-17-14(19)11(13(18)16-15(17)21)9-10-6-4-5-7-12(10)20-2/h3-7,9H,1,8H2,2H3,(H,16,18,21)/b11-9-. The van der Waals surface area contributed by atoms with Crippen LogP contribution >= 0.6 is 12.2 Å². The van der Waals surface area contributed by atoms with E-state index in [1.54, 1.807) is 24.3 Å². The Kier molecular flexibility index (Phi) is 4.49. The van der Waals surface area contributed by atoms with E-state index in [0.717, 1.165) is 0 Å². The summed E-state index contributed by atoms with van der Waals surface area (Å²) in [4.78, 5) is 25.6. The summed E-state index contributed by atoms with van der Waals surface area (Å²) in [5.41, 5.74) is 0.653. The van der Waals surface area contributed by atoms with Gasteiger partial charge in [-0.2, -0.15) is 0 Å². The lowest BCUT2D eigenvalue weighted by molar-refractivity contribution is -0.128. The van der Waals surface area contributed by atoms with Gasteiger partial charge in [-0.05, 0) is 24.4 Å². The number of hydrogen-bond donors (Lipinski definition) is 1. The van der Waals surface area contributed by atoms with Crippen molar-refractivity contribution in [3.05, 3.63) is 48.1 Å². The minimum Gasteiger partial charge on any atom is -0.496 e. The van der Waals surface area contributed by atoms with E-state index in [0.29, 0.717) is 11.3 Å². The summed E-state index contributed by atoms with van der Waals surface area (Å²) in [6.07, 6.45) is 3.04. The van der Waals surface area contributed by atoms with Crippen LogP contribution in [0.3, 0.4) is 0 Å². The van der Waals surface area contributed by atoms with Gasteiger partial charge in [0.05, 0.1) is 7.11 Å². The Morgan fingerprint density at radius 1 is 1.38 bits per heavy atom. The number of amides is 2. The molecule has 1 saturated heterocycles. The van der Waals surface area contributed by atoms with Gasteiger partial charge in [-0.15, -0.1) is 6.58 Å². The van der Waals surface area contributed by atoms with Gasteiger partial charge < -0.3 is 4.74 Å². The number of ether oxygens (including phenoxy) is 1. The zero-order valence-electron chi connectivity index (χ0n) is 11.5. The molecule has 0 aromatic heterocycles. The highest BCUT2D eigenvalue weighted by Crippen LogP contribution is 2.22. The fraction of sp³-hybridized carbons (Fsp3) is 0.133. The van der Waals surface area contributed by atoms with Gasteiger partial charge in [0.25, 0.3) is 11.8 Å². The summed E-state index contributed by atoms with van der Waals surface area (Å²) < 4.78 is 5.21. The third kappa shape index (κ3) is 3.00. The summed E-state index contributed by atoms with van der Waals surface area (Å²) in [5, 5.41) is 2.58. The molecule has 1 aromatic rings. The predicted octanol–water partition coefficient (Wildman–Crippen LogP) is 1.51. The van der Waals surface area contributed by atoms with Crippen molar-refractivity contribution < 1.29 is 14.3 Å². The minimum absolute atomic E-state index is 0.00921. The lowest BCUT2D eigenvalue weighted by Crippen LogP contribution is -2.53. The summed E-state index contributed by atoms with van der Waals surface area (Å²) in [6, 6.07) is 7.12. The first kappa shape index (κ1) is 14.9. The van der Waals surface area contributed by atoms with Crippen molar-refractivity contribution in [3.8, 4) is 5.75 Å². The number of carbonyl (C=O) groups excluding carboxylic acids is 2. The monoisotopic (exact) mass is 302 g/mol. The topological polar surface area (TPSA) is 58.6 Å². The number of hydrogen-bond acceptors (Lipinski definition) is 4. The molecule has 6 heteroatoms. The highest BCUT2D eigenvalue weighted by atomic mass is 32.1. The molecule has 0 aliphatic carbocycles. The number of methoxy groups -OCH3 is 1. The molecule has 1 fully saturated rings. The molecule has 0 unspecified atom stereocenters. The average Bonchev–Trinajstić information content (AvgIpc) is 2.48. The molecule has 0 spiro atoms. The number of nitrogens with zero attached hydrogens (tertiary/aromatic N) is 1. The van der Waals surface area contributed by atoms with Crippen molar-refractivity contribution in [2.24, 2.45) is 0 Å². The van der Waals surface area contributed by atoms with Crippen molar-refractivity contribution in [2.45, 2.75) is 0 Å². The van der Waals surface area contributed by atoms with Crippen LogP contribution in [0.4, 0.5) is 0 Å². The normalized spacial score (nSPS) is 16.9. The van der Waals surface area contributed by atoms with E-state index >= 15 is 0 Å². The smallest absolute Gasteiger partial charge is 0.265 e. The Balaban J connectivity index is 2.43. The molecule has 108 valence electrons. The molecule has 1 aliphatic heterocycles. The zero-order chi connectivity index (χ0) is 15.4. The quantitative estimate of drug-likeness (QED) is 0.396. The van der Waals surface area contributed by atoms with Gasteiger partial charge >= 0.3 is 0 Å². The van der Waals surface area contributed by atoms with E-state index < -0.39 is 11.8 Å². The number of rotatable bonds is 4. The number of thiocarbonyl (C=S) groups is 1. The fourth-order valence-electron chi connectivity index (χ4n) is 1.93. The Bertz CT molecular complexity index is 652. The van der Waals surface area contributed by atoms with E-state index in [1.165, 1.54) is 18.1 Å². The maximum Gasteiger partial charge on any atom is 0.265 e. The van der Waals surface area contributed by atoms with E-state index in [2.05, 4.69) is 11.9 Å². The second kappa shape index (κ2) is 6.32.